The molecule has 0 aliphatic rings. The normalized spacial score (nSPS) is 14.8. The number of carbonyl (C=O) groups is 2. The molecule has 0 amide bonds. The van der Waals surface area contributed by atoms with Crippen molar-refractivity contribution >= 4 is 11.8 Å². The quantitative estimate of drug-likeness (QED) is 0.532. The molecule has 0 aliphatic heterocycles. The number of rotatable bonds is 7. The lowest BCUT2D eigenvalue weighted by atomic mass is 10.1. The molecule has 0 fully saturated rings. The van der Waals surface area contributed by atoms with E-state index in [0.717, 1.165) is 0 Å². The third kappa shape index (κ3) is 4.94. The number of ketones is 1. The van der Waals surface area contributed by atoms with Crippen LogP contribution in [0.15, 0.2) is 0 Å². The molecule has 0 saturated heterocycles. The van der Waals surface area contributed by atoms with Crippen LogP contribution < -0.4 is 5.32 Å². The number of aliphatic hydroxyl groups is 1. The van der Waals surface area contributed by atoms with Gasteiger partial charge >= 0.3 is 5.97 Å². The van der Waals surface area contributed by atoms with Crippen LogP contribution in [0.25, 0.3) is 0 Å². The van der Waals surface area contributed by atoms with Crippen molar-refractivity contribution in [3.63, 3.8) is 0 Å². The van der Waals surface area contributed by atoms with E-state index >= 15 is 0 Å². The minimum absolute atomic E-state index is 0.0973. The van der Waals surface area contributed by atoms with Crippen LogP contribution in [0.5, 0.6) is 0 Å². The first kappa shape index (κ1) is 13.1. The Morgan fingerprint density at radius 1 is 1.43 bits per heavy atom. The lowest BCUT2D eigenvalue weighted by molar-refractivity contribution is -0.139. The van der Waals surface area contributed by atoms with E-state index in [1.165, 1.54) is 6.92 Å². The number of carboxylic acids is 1. The van der Waals surface area contributed by atoms with E-state index in [1.807, 2.05) is 6.92 Å². The summed E-state index contributed by atoms with van der Waals surface area (Å²) < 4.78 is 0. The van der Waals surface area contributed by atoms with E-state index in [-0.39, 0.29) is 24.9 Å². The number of nitrogens with one attached hydrogen (secondary N) is 1. The van der Waals surface area contributed by atoms with Crippen molar-refractivity contribution in [3.05, 3.63) is 0 Å². The summed E-state index contributed by atoms with van der Waals surface area (Å²) in [6.45, 7) is 3.09. The van der Waals surface area contributed by atoms with E-state index in [1.54, 1.807) is 0 Å². The Bertz CT molecular complexity index is 201. The first-order valence-corrected chi connectivity index (χ1v) is 4.60. The van der Waals surface area contributed by atoms with Crippen LogP contribution in [-0.2, 0) is 9.59 Å². The number of hydrogen-bond acceptors (Lipinski definition) is 4. The highest BCUT2D eigenvalue weighted by molar-refractivity contribution is 5.85. The Kier molecular flexibility index (Phi) is 6.07. The summed E-state index contributed by atoms with van der Waals surface area (Å²) in [6.07, 6.45) is 0.408. The molecular formula is C9H17NO4. The highest BCUT2D eigenvalue weighted by Gasteiger charge is 2.20. The number of carboxylic acid groups (broad SMARTS) is 1. The van der Waals surface area contributed by atoms with Crippen molar-refractivity contribution < 1.29 is 19.8 Å². The Balaban J connectivity index is 4.21. The topological polar surface area (TPSA) is 86.6 Å². The molecule has 2 unspecified atom stereocenters. The number of aliphatic hydroxyl groups excluding tert-OH is 1. The third-order valence-electron chi connectivity index (χ3n) is 2.02. The van der Waals surface area contributed by atoms with Gasteiger partial charge in [-0.25, -0.2) is 0 Å². The van der Waals surface area contributed by atoms with Gasteiger partial charge < -0.3 is 15.5 Å². The zero-order valence-corrected chi connectivity index (χ0v) is 8.49. The Morgan fingerprint density at radius 3 is 2.29 bits per heavy atom. The summed E-state index contributed by atoms with van der Waals surface area (Å²) in [4.78, 5) is 21.5. The molecule has 0 saturated carbocycles. The van der Waals surface area contributed by atoms with Gasteiger partial charge in [-0.2, -0.15) is 0 Å². The van der Waals surface area contributed by atoms with Crippen LogP contribution >= 0.6 is 0 Å². The number of aliphatic carboxylic acids is 1. The molecule has 0 radical (unpaired) electrons. The average Bonchev–Trinajstić information content (AvgIpc) is 2.11. The van der Waals surface area contributed by atoms with Gasteiger partial charge in [0, 0.05) is 6.04 Å². The van der Waals surface area contributed by atoms with Gasteiger partial charge in [0.2, 0.25) is 0 Å². The molecule has 5 nitrogen and oxygen atoms in total. The van der Waals surface area contributed by atoms with Crippen molar-refractivity contribution in [1.29, 1.82) is 0 Å². The number of Topliss-reactive ketones (excluding diaryl/α,β-unsaturated/α-hetero) is 1. The fraction of sp³-hybridized carbons (Fsp3) is 0.778. The molecular weight excluding hydrogens is 186 g/mol. The lowest BCUT2D eigenvalue weighted by Gasteiger charge is -2.20. The van der Waals surface area contributed by atoms with Gasteiger partial charge in [0.15, 0.2) is 0 Å². The maximum absolute atomic E-state index is 11.0. The molecule has 5 heteroatoms. The first-order valence-electron chi connectivity index (χ1n) is 4.60. The summed E-state index contributed by atoms with van der Waals surface area (Å²) in [7, 11) is 0. The summed E-state index contributed by atoms with van der Waals surface area (Å²) in [5, 5.41) is 20.2. The molecule has 2 atom stereocenters. The minimum Gasteiger partial charge on any atom is -0.481 e. The molecule has 0 aromatic rings. The fourth-order valence-corrected chi connectivity index (χ4v) is 1.08. The van der Waals surface area contributed by atoms with Gasteiger partial charge in [-0.15, -0.1) is 0 Å². The van der Waals surface area contributed by atoms with Gasteiger partial charge in [0.1, 0.15) is 5.78 Å². The summed E-state index contributed by atoms with van der Waals surface area (Å²) in [5.74, 6) is -1.25. The van der Waals surface area contributed by atoms with Gasteiger partial charge in [-0.3, -0.25) is 9.59 Å². The smallest absolute Gasteiger partial charge is 0.305 e. The van der Waals surface area contributed by atoms with Crippen molar-refractivity contribution in [3.8, 4) is 0 Å². The van der Waals surface area contributed by atoms with Crippen LogP contribution in [0.3, 0.4) is 0 Å². The third-order valence-corrected chi connectivity index (χ3v) is 2.02. The predicted molar refractivity (Wildman–Crippen MR) is 51.0 cm³/mol. The predicted octanol–water partition coefficient (Wildman–Crippen LogP) is -0.221. The Hall–Kier alpha value is -0.940. The van der Waals surface area contributed by atoms with Gasteiger partial charge in [0.05, 0.1) is 19.1 Å². The Labute approximate surface area is 83.1 Å². The molecule has 82 valence electrons. The van der Waals surface area contributed by atoms with Crippen molar-refractivity contribution in [2.75, 3.05) is 6.61 Å². The van der Waals surface area contributed by atoms with E-state index in [0.29, 0.717) is 6.42 Å². The van der Waals surface area contributed by atoms with Crippen LogP contribution in [0.1, 0.15) is 26.7 Å². The van der Waals surface area contributed by atoms with Crippen LogP contribution in [0.4, 0.5) is 0 Å². The molecule has 0 rings (SSSR count). The Morgan fingerprint density at radius 2 is 2.00 bits per heavy atom. The van der Waals surface area contributed by atoms with Crippen molar-refractivity contribution in [1.82, 2.24) is 5.32 Å². The van der Waals surface area contributed by atoms with Crippen molar-refractivity contribution in [2.45, 2.75) is 38.8 Å². The highest BCUT2D eigenvalue weighted by atomic mass is 16.4. The van der Waals surface area contributed by atoms with Crippen LogP contribution in [0.2, 0.25) is 0 Å². The number of carbonyl (C=O) groups excluding carboxylic acids is 1. The largest absolute Gasteiger partial charge is 0.481 e. The fourth-order valence-electron chi connectivity index (χ4n) is 1.08. The molecule has 0 spiro atoms. The summed E-state index contributed by atoms with van der Waals surface area (Å²) >= 11 is 0. The van der Waals surface area contributed by atoms with E-state index in [2.05, 4.69) is 5.32 Å². The SMILES string of the molecule is CCC(CO)NC(CC(=O)O)C(C)=O. The highest BCUT2D eigenvalue weighted by Crippen LogP contribution is 1.99. The number of hydrogen-bond donors (Lipinski definition) is 3. The maximum atomic E-state index is 11.0. The zero-order valence-electron chi connectivity index (χ0n) is 8.49. The zero-order chi connectivity index (χ0) is 11.1. The minimum atomic E-state index is -1.02. The molecule has 3 N–H and O–H groups in total. The second kappa shape index (κ2) is 6.50. The van der Waals surface area contributed by atoms with E-state index < -0.39 is 12.0 Å². The van der Waals surface area contributed by atoms with E-state index in [4.69, 9.17) is 10.2 Å². The molecule has 14 heavy (non-hydrogen) atoms. The summed E-state index contributed by atoms with van der Waals surface area (Å²) in [6, 6.07) is -0.923. The second-order valence-electron chi connectivity index (χ2n) is 3.22. The van der Waals surface area contributed by atoms with Crippen LogP contribution in [-0.4, -0.2) is 40.7 Å². The molecule has 0 aromatic carbocycles. The van der Waals surface area contributed by atoms with Gasteiger partial charge in [-0.1, -0.05) is 6.92 Å². The van der Waals surface area contributed by atoms with Crippen molar-refractivity contribution in [2.24, 2.45) is 0 Å². The molecule has 0 aliphatic carbocycles. The molecule has 0 aromatic heterocycles. The maximum Gasteiger partial charge on any atom is 0.305 e. The lowest BCUT2D eigenvalue weighted by Crippen LogP contribution is -2.45. The monoisotopic (exact) mass is 203 g/mol. The van der Waals surface area contributed by atoms with Gasteiger partial charge in [0.25, 0.3) is 0 Å². The standard InChI is InChI=1S/C9H17NO4/c1-3-7(5-11)10-8(6(2)12)4-9(13)14/h7-8,10-11H,3-5H2,1-2H3,(H,13,14). The second-order valence-corrected chi connectivity index (χ2v) is 3.22. The molecule has 0 heterocycles. The summed E-state index contributed by atoms with van der Waals surface area (Å²) in [5.41, 5.74) is 0. The van der Waals surface area contributed by atoms with Crippen LogP contribution in [0, 0.1) is 0 Å². The first-order chi connectivity index (χ1) is 6.51. The van der Waals surface area contributed by atoms with Gasteiger partial charge in [-0.05, 0) is 13.3 Å². The molecule has 0 bridgehead atoms. The average molecular weight is 203 g/mol. The van der Waals surface area contributed by atoms with E-state index in [9.17, 15) is 9.59 Å².